The summed E-state index contributed by atoms with van der Waals surface area (Å²) in [6, 6.07) is 7.97. The van der Waals surface area contributed by atoms with E-state index in [2.05, 4.69) is 15.4 Å². The molecule has 4 nitrogen and oxygen atoms in total. The van der Waals surface area contributed by atoms with Gasteiger partial charge in [-0.3, -0.25) is 4.79 Å². The smallest absolute Gasteiger partial charge is 0.305 e. The summed E-state index contributed by atoms with van der Waals surface area (Å²) in [5.74, 6) is -0.200. The summed E-state index contributed by atoms with van der Waals surface area (Å²) >= 11 is 5.14. The summed E-state index contributed by atoms with van der Waals surface area (Å²) < 4.78 is 4.55. The van der Waals surface area contributed by atoms with Crippen molar-refractivity contribution in [2.45, 2.75) is 19.8 Å². The fourth-order valence-corrected chi connectivity index (χ4v) is 1.57. The van der Waals surface area contributed by atoms with Crippen LogP contribution in [0, 0.1) is 6.92 Å². The van der Waals surface area contributed by atoms with Crippen molar-refractivity contribution in [1.29, 1.82) is 0 Å². The fourth-order valence-electron chi connectivity index (χ4n) is 1.35. The maximum Gasteiger partial charge on any atom is 0.305 e. The van der Waals surface area contributed by atoms with Gasteiger partial charge in [0.25, 0.3) is 0 Å². The first-order valence-corrected chi connectivity index (χ1v) is 6.21. The summed E-state index contributed by atoms with van der Waals surface area (Å²) in [4.78, 5) is 10.9. The van der Waals surface area contributed by atoms with Crippen LogP contribution >= 0.6 is 12.2 Å². The monoisotopic (exact) mass is 266 g/mol. The third kappa shape index (κ3) is 5.63. The Kier molecular flexibility index (Phi) is 6.14. The molecule has 0 saturated carbocycles. The van der Waals surface area contributed by atoms with Crippen LogP contribution < -0.4 is 10.6 Å². The number of carbonyl (C=O) groups excluding carboxylic acids is 1. The Morgan fingerprint density at radius 1 is 1.33 bits per heavy atom. The summed E-state index contributed by atoms with van der Waals surface area (Å²) in [6.07, 6.45) is 1.10. The number of ether oxygens (including phenoxy) is 1. The maximum absolute atomic E-state index is 10.9. The van der Waals surface area contributed by atoms with Crippen LogP contribution in [-0.4, -0.2) is 24.7 Å². The largest absolute Gasteiger partial charge is 0.469 e. The van der Waals surface area contributed by atoms with E-state index in [-0.39, 0.29) is 5.97 Å². The van der Waals surface area contributed by atoms with E-state index >= 15 is 0 Å². The highest BCUT2D eigenvalue weighted by Gasteiger charge is 2.00. The second-order valence-electron chi connectivity index (χ2n) is 3.93. The van der Waals surface area contributed by atoms with E-state index < -0.39 is 0 Å². The standard InChI is InChI=1S/C13H18N2O2S/c1-10-5-7-11(8-6-10)15-13(18)14-9-3-4-12(16)17-2/h5-8H,3-4,9H2,1-2H3,(H2,14,15,18). The topological polar surface area (TPSA) is 50.4 Å². The lowest BCUT2D eigenvalue weighted by Gasteiger charge is -2.10. The van der Waals surface area contributed by atoms with Crippen molar-refractivity contribution in [1.82, 2.24) is 5.32 Å². The van der Waals surface area contributed by atoms with E-state index in [1.807, 2.05) is 31.2 Å². The molecule has 0 spiro atoms. The molecule has 1 aromatic carbocycles. The van der Waals surface area contributed by atoms with Crippen LogP contribution in [0.4, 0.5) is 5.69 Å². The third-order valence-electron chi connectivity index (χ3n) is 2.38. The van der Waals surface area contributed by atoms with Crippen LogP contribution in [0.2, 0.25) is 0 Å². The SMILES string of the molecule is COC(=O)CCCNC(=S)Nc1ccc(C)cc1. The molecule has 1 aromatic rings. The average Bonchev–Trinajstić information content (AvgIpc) is 2.37. The Balaban J connectivity index is 2.21. The van der Waals surface area contributed by atoms with Gasteiger partial charge >= 0.3 is 5.97 Å². The molecule has 98 valence electrons. The second kappa shape index (κ2) is 7.66. The van der Waals surface area contributed by atoms with Gasteiger partial charge in [-0.2, -0.15) is 0 Å². The van der Waals surface area contributed by atoms with Gasteiger partial charge in [0, 0.05) is 18.7 Å². The number of carbonyl (C=O) groups is 1. The molecule has 0 heterocycles. The lowest BCUT2D eigenvalue weighted by atomic mass is 10.2. The van der Waals surface area contributed by atoms with E-state index in [1.165, 1.54) is 12.7 Å². The van der Waals surface area contributed by atoms with Gasteiger partial charge in [-0.05, 0) is 37.7 Å². The van der Waals surface area contributed by atoms with Crippen molar-refractivity contribution in [2.75, 3.05) is 19.0 Å². The van der Waals surface area contributed by atoms with Crippen molar-refractivity contribution in [3.05, 3.63) is 29.8 Å². The molecule has 0 atom stereocenters. The van der Waals surface area contributed by atoms with E-state index in [4.69, 9.17) is 12.2 Å². The molecule has 0 amide bonds. The predicted octanol–water partition coefficient (Wildman–Crippen LogP) is 2.23. The van der Waals surface area contributed by atoms with Crippen LogP contribution in [0.25, 0.3) is 0 Å². The first-order chi connectivity index (χ1) is 8.61. The van der Waals surface area contributed by atoms with Crippen LogP contribution in [0.15, 0.2) is 24.3 Å². The van der Waals surface area contributed by atoms with Crippen molar-refractivity contribution >= 4 is 29.0 Å². The molecular weight excluding hydrogens is 248 g/mol. The Bertz CT molecular complexity index is 404. The van der Waals surface area contributed by atoms with Gasteiger partial charge in [0.05, 0.1) is 7.11 Å². The van der Waals surface area contributed by atoms with Gasteiger partial charge in [-0.25, -0.2) is 0 Å². The van der Waals surface area contributed by atoms with Crippen LogP contribution in [0.1, 0.15) is 18.4 Å². The van der Waals surface area contributed by atoms with Gasteiger partial charge in [0.15, 0.2) is 5.11 Å². The highest BCUT2D eigenvalue weighted by atomic mass is 32.1. The summed E-state index contributed by atoms with van der Waals surface area (Å²) in [5, 5.41) is 6.67. The number of esters is 1. The van der Waals surface area contributed by atoms with Crippen molar-refractivity contribution in [2.24, 2.45) is 0 Å². The van der Waals surface area contributed by atoms with Crippen LogP contribution in [0.3, 0.4) is 0 Å². The lowest BCUT2D eigenvalue weighted by molar-refractivity contribution is -0.140. The molecule has 18 heavy (non-hydrogen) atoms. The molecule has 0 radical (unpaired) electrons. The van der Waals surface area contributed by atoms with Crippen molar-refractivity contribution in [3.8, 4) is 0 Å². The molecule has 0 aliphatic rings. The Labute approximate surface area is 113 Å². The normalized spacial score (nSPS) is 9.67. The van der Waals surface area contributed by atoms with Gasteiger partial charge in [-0.1, -0.05) is 17.7 Å². The van der Waals surface area contributed by atoms with Gasteiger partial charge in [-0.15, -0.1) is 0 Å². The number of thiocarbonyl (C=S) groups is 1. The molecule has 0 aromatic heterocycles. The molecule has 0 bridgehead atoms. The van der Waals surface area contributed by atoms with Crippen molar-refractivity contribution < 1.29 is 9.53 Å². The number of anilines is 1. The van der Waals surface area contributed by atoms with Gasteiger partial charge < -0.3 is 15.4 Å². The quantitative estimate of drug-likeness (QED) is 0.486. The lowest BCUT2D eigenvalue weighted by Crippen LogP contribution is -2.29. The number of rotatable bonds is 5. The predicted molar refractivity (Wildman–Crippen MR) is 76.7 cm³/mol. The minimum Gasteiger partial charge on any atom is -0.469 e. The number of hydrogen-bond acceptors (Lipinski definition) is 3. The van der Waals surface area contributed by atoms with Gasteiger partial charge in [0.2, 0.25) is 0 Å². The first kappa shape index (κ1) is 14.4. The molecule has 0 fully saturated rings. The van der Waals surface area contributed by atoms with Crippen LogP contribution in [0.5, 0.6) is 0 Å². The zero-order valence-corrected chi connectivity index (χ0v) is 11.5. The highest BCUT2D eigenvalue weighted by Crippen LogP contribution is 2.08. The zero-order chi connectivity index (χ0) is 13.4. The Morgan fingerprint density at radius 3 is 2.61 bits per heavy atom. The molecule has 0 unspecified atom stereocenters. The number of hydrogen-bond donors (Lipinski definition) is 2. The molecule has 1 rings (SSSR count). The average molecular weight is 266 g/mol. The molecule has 0 aliphatic heterocycles. The summed E-state index contributed by atoms with van der Waals surface area (Å²) in [5.41, 5.74) is 2.16. The summed E-state index contributed by atoms with van der Waals surface area (Å²) in [6.45, 7) is 2.68. The van der Waals surface area contributed by atoms with E-state index in [9.17, 15) is 4.79 Å². The van der Waals surface area contributed by atoms with Crippen molar-refractivity contribution in [3.63, 3.8) is 0 Å². The number of aryl methyl sites for hydroxylation is 1. The van der Waals surface area contributed by atoms with E-state index in [0.717, 1.165) is 5.69 Å². The number of methoxy groups -OCH3 is 1. The first-order valence-electron chi connectivity index (χ1n) is 5.80. The number of nitrogens with one attached hydrogen (secondary N) is 2. The highest BCUT2D eigenvalue weighted by molar-refractivity contribution is 7.80. The maximum atomic E-state index is 10.9. The third-order valence-corrected chi connectivity index (χ3v) is 2.63. The Morgan fingerprint density at radius 2 is 2.00 bits per heavy atom. The molecule has 2 N–H and O–H groups in total. The fraction of sp³-hybridized carbons (Fsp3) is 0.385. The number of benzene rings is 1. The second-order valence-corrected chi connectivity index (χ2v) is 4.33. The minimum atomic E-state index is -0.200. The van der Waals surface area contributed by atoms with Crippen LogP contribution in [-0.2, 0) is 9.53 Å². The molecule has 5 heteroatoms. The molecule has 0 aliphatic carbocycles. The molecular formula is C13H18N2O2S. The summed E-state index contributed by atoms with van der Waals surface area (Å²) in [7, 11) is 1.39. The van der Waals surface area contributed by atoms with Gasteiger partial charge in [0.1, 0.15) is 0 Å². The Hall–Kier alpha value is -1.62. The molecule has 0 saturated heterocycles. The van der Waals surface area contributed by atoms with E-state index in [0.29, 0.717) is 24.5 Å². The van der Waals surface area contributed by atoms with E-state index in [1.54, 1.807) is 0 Å². The minimum absolute atomic E-state index is 0.200. The zero-order valence-electron chi connectivity index (χ0n) is 10.7.